The molecule has 1 heterocycles. The molecule has 2 aliphatic rings. The minimum Gasteiger partial charge on any atom is -0.493 e. The minimum absolute atomic E-state index is 0.0560. The summed E-state index contributed by atoms with van der Waals surface area (Å²) >= 11 is 0. The molecule has 10 heteroatoms. The van der Waals surface area contributed by atoms with Gasteiger partial charge in [-0.1, -0.05) is 25.3 Å². The third kappa shape index (κ3) is 3.68. The Morgan fingerprint density at radius 3 is 2.42 bits per heavy atom. The van der Waals surface area contributed by atoms with E-state index < -0.39 is 41.3 Å². The van der Waals surface area contributed by atoms with Crippen LogP contribution in [0.4, 0.5) is 27.6 Å². The van der Waals surface area contributed by atoms with E-state index in [1.54, 1.807) is 6.92 Å². The topological polar surface area (TPSA) is 67.3 Å². The standard InChI is InChI=1S/C26H26F5N3O2/c1-14-32-12-16-19(9-8-17(27)21(16)33-14)34-23-15-6-7-18(28)22(36-2)20(15)24(10-4-3-5-11-24)13-25(23,35)26(29,30)31/h6-9,12,23,34-35H,3-5,10-11,13H2,1-2H3. The van der Waals surface area contributed by atoms with Gasteiger partial charge >= 0.3 is 6.18 Å². The molecule has 2 unspecified atom stereocenters. The van der Waals surface area contributed by atoms with Crippen molar-refractivity contribution in [2.75, 3.05) is 12.4 Å². The Bertz CT molecular complexity index is 1320. The number of fused-ring (bicyclic) bond motifs is 3. The van der Waals surface area contributed by atoms with Crippen molar-refractivity contribution < 1.29 is 31.8 Å². The molecule has 192 valence electrons. The number of hydrogen-bond donors (Lipinski definition) is 2. The summed E-state index contributed by atoms with van der Waals surface area (Å²) in [5.41, 5.74) is -3.77. The molecule has 2 aliphatic carbocycles. The van der Waals surface area contributed by atoms with Crippen molar-refractivity contribution >= 4 is 16.6 Å². The van der Waals surface area contributed by atoms with Gasteiger partial charge in [-0.25, -0.2) is 18.7 Å². The van der Waals surface area contributed by atoms with Gasteiger partial charge in [-0.3, -0.25) is 0 Å². The number of aryl methyl sites for hydroxylation is 1. The lowest BCUT2D eigenvalue weighted by molar-refractivity contribution is -0.277. The maximum absolute atomic E-state index is 14.9. The zero-order valence-corrected chi connectivity index (χ0v) is 19.8. The highest BCUT2D eigenvalue weighted by Crippen LogP contribution is 2.60. The summed E-state index contributed by atoms with van der Waals surface area (Å²) < 4.78 is 78.9. The van der Waals surface area contributed by atoms with Crippen LogP contribution in [0.5, 0.6) is 5.75 Å². The fraction of sp³-hybridized carbons (Fsp3) is 0.462. The van der Waals surface area contributed by atoms with Crippen molar-refractivity contribution in [2.45, 2.75) is 68.7 Å². The van der Waals surface area contributed by atoms with Crippen molar-refractivity contribution in [2.24, 2.45) is 0 Å². The molecule has 1 saturated carbocycles. The van der Waals surface area contributed by atoms with Gasteiger partial charge in [0.1, 0.15) is 17.2 Å². The lowest BCUT2D eigenvalue weighted by Crippen LogP contribution is -2.59. The number of hydrogen-bond acceptors (Lipinski definition) is 5. The van der Waals surface area contributed by atoms with E-state index in [2.05, 4.69) is 15.3 Å². The summed E-state index contributed by atoms with van der Waals surface area (Å²) in [6.07, 6.45) is -1.43. The average Bonchev–Trinajstić information content (AvgIpc) is 2.83. The lowest BCUT2D eigenvalue weighted by atomic mass is 9.56. The molecule has 0 saturated heterocycles. The molecule has 1 aromatic heterocycles. The van der Waals surface area contributed by atoms with Gasteiger partial charge in [-0.05, 0) is 49.9 Å². The Kier molecular flexibility index (Phi) is 5.85. The first-order chi connectivity index (χ1) is 17.0. The molecule has 0 radical (unpaired) electrons. The zero-order chi connectivity index (χ0) is 25.9. The second kappa shape index (κ2) is 8.54. The van der Waals surface area contributed by atoms with Gasteiger partial charge in [0.05, 0.1) is 13.2 Å². The van der Waals surface area contributed by atoms with Gasteiger partial charge in [0, 0.05) is 28.2 Å². The van der Waals surface area contributed by atoms with Gasteiger partial charge in [0.2, 0.25) is 0 Å². The van der Waals surface area contributed by atoms with Crippen LogP contribution >= 0.6 is 0 Å². The minimum atomic E-state index is -5.02. The van der Waals surface area contributed by atoms with Gasteiger partial charge < -0.3 is 15.2 Å². The number of nitrogens with zero attached hydrogens (tertiary/aromatic N) is 2. The van der Waals surface area contributed by atoms with E-state index >= 15 is 0 Å². The van der Waals surface area contributed by atoms with Crippen LogP contribution in [0.15, 0.2) is 30.5 Å². The van der Waals surface area contributed by atoms with E-state index in [1.165, 1.54) is 25.4 Å². The molecule has 1 fully saturated rings. The van der Waals surface area contributed by atoms with Crippen molar-refractivity contribution in [1.82, 2.24) is 9.97 Å². The Labute approximate surface area is 204 Å². The third-order valence-electron chi connectivity index (χ3n) is 7.70. The maximum Gasteiger partial charge on any atom is 0.419 e. The molecule has 2 N–H and O–H groups in total. The normalized spacial score (nSPS) is 23.5. The summed E-state index contributed by atoms with van der Waals surface area (Å²) in [6.45, 7) is 1.57. The Hall–Kier alpha value is -3.01. The van der Waals surface area contributed by atoms with Crippen LogP contribution in [-0.4, -0.2) is 34.0 Å². The molecule has 5 nitrogen and oxygen atoms in total. The van der Waals surface area contributed by atoms with Crippen LogP contribution in [0.1, 0.15) is 61.5 Å². The predicted octanol–water partition coefficient (Wildman–Crippen LogP) is 6.28. The van der Waals surface area contributed by atoms with Crippen LogP contribution in [0.25, 0.3) is 10.9 Å². The highest BCUT2D eigenvalue weighted by atomic mass is 19.4. The predicted molar refractivity (Wildman–Crippen MR) is 124 cm³/mol. The highest BCUT2D eigenvalue weighted by Gasteiger charge is 2.66. The second-order valence-electron chi connectivity index (χ2n) is 9.84. The number of nitrogens with one attached hydrogen (secondary N) is 1. The molecule has 3 aromatic rings. The number of rotatable bonds is 3. The summed E-state index contributed by atoms with van der Waals surface area (Å²) in [4.78, 5) is 8.15. The van der Waals surface area contributed by atoms with Crippen LogP contribution < -0.4 is 10.1 Å². The van der Waals surface area contributed by atoms with Gasteiger partial charge in [-0.2, -0.15) is 13.2 Å². The van der Waals surface area contributed by atoms with Gasteiger partial charge in [0.15, 0.2) is 17.2 Å². The fourth-order valence-corrected chi connectivity index (χ4v) is 6.10. The summed E-state index contributed by atoms with van der Waals surface area (Å²) in [7, 11) is 1.29. The average molecular weight is 508 g/mol. The van der Waals surface area contributed by atoms with E-state index in [1.807, 2.05) is 0 Å². The first-order valence-electron chi connectivity index (χ1n) is 11.9. The molecule has 36 heavy (non-hydrogen) atoms. The summed E-state index contributed by atoms with van der Waals surface area (Å²) in [5, 5.41) is 14.5. The Balaban J connectivity index is 1.76. The Morgan fingerprint density at radius 1 is 1.06 bits per heavy atom. The van der Waals surface area contributed by atoms with Crippen molar-refractivity contribution in [3.8, 4) is 5.75 Å². The number of methoxy groups -OCH3 is 1. The molecule has 0 bridgehead atoms. The van der Waals surface area contributed by atoms with Crippen LogP contribution in [-0.2, 0) is 5.41 Å². The smallest absolute Gasteiger partial charge is 0.419 e. The lowest BCUT2D eigenvalue weighted by Gasteiger charge is -2.53. The summed E-state index contributed by atoms with van der Waals surface area (Å²) in [6, 6.07) is 3.01. The van der Waals surface area contributed by atoms with Gasteiger partial charge in [0.25, 0.3) is 0 Å². The number of benzene rings is 2. The largest absolute Gasteiger partial charge is 0.493 e. The molecule has 0 amide bonds. The monoisotopic (exact) mass is 507 g/mol. The molecule has 2 aromatic carbocycles. The molecule has 0 aliphatic heterocycles. The number of aromatic nitrogens is 2. The van der Waals surface area contributed by atoms with Crippen LogP contribution in [0.2, 0.25) is 0 Å². The first kappa shape index (κ1) is 24.7. The van der Waals surface area contributed by atoms with E-state index in [4.69, 9.17) is 4.74 Å². The van der Waals surface area contributed by atoms with E-state index in [9.17, 15) is 27.1 Å². The van der Waals surface area contributed by atoms with E-state index in [0.717, 1.165) is 18.6 Å². The van der Waals surface area contributed by atoms with Crippen LogP contribution in [0, 0.1) is 18.6 Å². The fourth-order valence-electron chi connectivity index (χ4n) is 6.10. The number of ether oxygens (including phenoxy) is 1. The summed E-state index contributed by atoms with van der Waals surface area (Å²) in [5.74, 6) is -1.13. The molecule has 2 atom stereocenters. The number of anilines is 1. The number of alkyl halides is 3. The third-order valence-corrected chi connectivity index (χ3v) is 7.70. The van der Waals surface area contributed by atoms with Gasteiger partial charge in [-0.15, -0.1) is 0 Å². The first-order valence-corrected chi connectivity index (χ1v) is 11.9. The van der Waals surface area contributed by atoms with E-state index in [0.29, 0.717) is 37.1 Å². The molecule has 5 rings (SSSR count). The SMILES string of the molecule is COc1c(F)ccc2c1C1(CCCCC1)CC(O)(C(F)(F)F)C2Nc1ccc(F)c2nc(C)ncc12. The van der Waals surface area contributed by atoms with Crippen LogP contribution in [0.3, 0.4) is 0 Å². The van der Waals surface area contributed by atoms with Crippen molar-refractivity contribution in [3.05, 3.63) is 59.0 Å². The van der Waals surface area contributed by atoms with E-state index in [-0.39, 0.29) is 27.9 Å². The van der Waals surface area contributed by atoms with Crippen molar-refractivity contribution in [1.29, 1.82) is 0 Å². The highest BCUT2D eigenvalue weighted by molar-refractivity contribution is 5.91. The number of aliphatic hydroxyl groups is 1. The Morgan fingerprint density at radius 2 is 1.75 bits per heavy atom. The zero-order valence-electron chi connectivity index (χ0n) is 19.8. The number of halogens is 5. The maximum atomic E-state index is 14.9. The molecular formula is C26H26F5N3O2. The quantitative estimate of drug-likeness (QED) is 0.409. The second-order valence-corrected chi connectivity index (χ2v) is 9.84. The van der Waals surface area contributed by atoms with Crippen molar-refractivity contribution in [3.63, 3.8) is 0 Å². The molecule has 1 spiro atoms. The molecular weight excluding hydrogens is 481 g/mol.